The number of carboxylic acids is 1. The number of esters is 1. The normalized spacial score (nSPS) is 13.3. The minimum absolute atomic E-state index is 0. The third-order valence-electron chi connectivity index (χ3n) is 13.2. The van der Waals surface area contributed by atoms with Crippen molar-refractivity contribution in [1.82, 2.24) is 10.6 Å². The second kappa shape index (κ2) is 44.8. The van der Waals surface area contributed by atoms with Crippen molar-refractivity contribution in [3.8, 4) is 0 Å². The number of halogens is 2. The predicted octanol–water partition coefficient (Wildman–Crippen LogP) is 13.1. The van der Waals surface area contributed by atoms with E-state index in [-0.39, 0.29) is 97.4 Å². The molecule has 1 unspecified atom stereocenters. The number of allylic oxidation sites excluding steroid dienone is 2. The summed E-state index contributed by atoms with van der Waals surface area (Å²) in [6, 6.07) is 66.1. The van der Waals surface area contributed by atoms with Crippen molar-refractivity contribution >= 4 is 71.6 Å². The minimum Gasteiger partial charge on any atom is -0.481 e. The van der Waals surface area contributed by atoms with E-state index in [0.717, 1.165) is 23.2 Å². The molecule has 1 aliphatic heterocycles. The number of aliphatic carboxylic acids is 1. The number of carboxylic acid groups (broad SMARTS) is 1. The molecule has 7 aromatic carbocycles. The van der Waals surface area contributed by atoms with Gasteiger partial charge in [0.1, 0.15) is 0 Å². The van der Waals surface area contributed by atoms with Gasteiger partial charge >= 0.3 is 11.9 Å². The van der Waals surface area contributed by atoms with Gasteiger partial charge in [-0.05, 0) is 78.1 Å². The second-order valence-electron chi connectivity index (χ2n) is 21.3. The number of nitrogens with zero attached hydrogens (tertiary/aromatic N) is 1. The lowest BCUT2D eigenvalue weighted by atomic mass is 10.0. The number of nitrogens with two attached hydrogens (primary N) is 2. The van der Waals surface area contributed by atoms with Crippen molar-refractivity contribution in [3.05, 3.63) is 263 Å². The third kappa shape index (κ3) is 34.3. The summed E-state index contributed by atoms with van der Waals surface area (Å²) in [6.45, 7) is 13.5. The van der Waals surface area contributed by atoms with Gasteiger partial charge in [0.05, 0.1) is 6.42 Å². The van der Waals surface area contributed by atoms with E-state index in [0.29, 0.717) is 48.2 Å². The lowest BCUT2D eigenvalue weighted by molar-refractivity contribution is -0.148. The highest BCUT2D eigenvalue weighted by Crippen LogP contribution is 2.18. The first-order valence-electron chi connectivity index (χ1n) is 29.6. The van der Waals surface area contributed by atoms with Crippen LogP contribution in [0.3, 0.4) is 0 Å². The second-order valence-corrected chi connectivity index (χ2v) is 21.3. The van der Waals surface area contributed by atoms with Crippen LogP contribution in [0.1, 0.15) is 164 Å². The Labute approximate surface area is 548 Å². The highest BCUT2D eigenvalue weighted by Gasteiger charge is 2.33. The number of Topliss-reactive ketones (excluding diaryl/α,β-unsaturated/α-hetero) is 5. The molecule has 8 rings (SSSR count). The molecule has 1 aliphatic rings. The number of benzene rings is 7. The van der Waals surface area contributed by atoms with Gasteiger partial charge in [0, 0.05) is 96.3 Å². The topological polar surface area (TPSA) is 278 Å². The van der Waals surface area contributed by atoms with Crippen molar-refractivity contribution in [2.24, 2.45) is 16.5 Å². The maximum Gasteiger partial charge on any atom is 0.345 e. The molecule has 0 bridgehead atoms. The van der Waals surface area contributed by atoms with Gasteiger partial charge in [0.2, 0.25) is 11.9 Å². The molecule has 0 radical (unpaired) electrons. The van der Waals surface area contributed by atoms with Crippen LogP contribution in [0.2, 0.25) is 0 Å². The number of carbonyl (C=O) groups is 7. The van der Waals surface area contributed by atoms with Gasteiger partial charge in [-0.3, -0.25) is 28.8 Å². The molecule has 0 spiro atoms. The van der Waals surface area contributed by atoms with Gasteiger partial charge in [0.25, 0.3) is 0 Å². The van der Waals surface area contributed by atoms with Crippen molar-refractivity contribution in [2.75, 3.05) is 6.54 Å². The van der Waals surface area contributed by atoms with Crippen LogP contribution >= 0.6 is 24.8 Å². The third-order valence-corrected chi connectivity index (χ3v) is 13.2. The van der Waals surface area contributed by atoms with E-state index in [1.165, 1.54) is 25.0 Å². The van der Waals surface area contributed by atoms with E-state index < -0.39 is 23.8 Å². The smallest absolute Gasteiger partial charge is 0.345 e. The lowest BCUT2D eigenvalue weighted by Crippen LogP contribution is -2.29. The summed E-state index contributed by atoms with van der Waals surface area (Å²) in [7, 11) is 0. The Hall–Kier alpha value is -8.58. The molecule has 91 heavy (non-hydrogen) atoms. The van der Waals surface area contributed by atoms with Crippen LogP contribution in [0.4, 0.5) is 0 Å². The van der Waals surface area contributed by atoms with Gasteiger partial charge in [-0.15, -0.1) is 24.8 Å². The molecule has 0 saturated heterocycles. The van der Waals surface area contributed by atoms with E-state index in [1.807, 2.05) is 135 Å². The monoisotopic (exact) mass is 1280 g/mol. The predicted molar refractivity (Wildman–Crippen MR) is 366 cm³/mol. The Kier molecular flexibility index (Phi) is 39.6. The number of ketones is 5. The summed E-state index contributed by atoms with van der Waals surface area (Å²) < 4.78 is 4.91. The zero-order chi connectivity index (χ0) is 65.6. The van der Waals surface area contributed by atoms with Gasteiger partial charge in [0.15, 0.2) is 34.7 Å². The van der Waals surface area contributed by atoms with Gasteiger partial charge < -0.3 is 42.2 Å². The summed E-state index contributed by atoms with van der Waals surface area (Å²) in [4.78, 5) is 83.2. The van der Waals surface area contributed by atoms with E-state index in [4.69, 9.17) is 31.5 Å². The van der Waals surface area contributed by atoms with Gasteiger partial charge in [-0.2, -0.15) is 0 Å². The molecular weight excluding hydrogens is 1190 g/mol. The molecule has 0 saturated carbocycles. The standard InChI is InChI=1S/C19H23NO.C19H21NO.C11H9NO3.C11H14O3.C10H10O3.C3H10N2.2ClH/c2*1-15(20-16(2)17-9-5-3-6-10-17)13-14-19(21)18-11-7-4-8-12-18;1-7(13)9-11(14)15-10(12-9)8-5-3-2-4-6-8;1-11(13,14)8-7-10(12)9-5-3-2-4-6-9;11-9(6-7-10(12)13)8-4-2-1-3-5-8;1-3(5)2-4;;/h3-12,15-16,20H,13-14H2,1-2H3;3-13,16,20H,14H2,1-2H3;2-6,9H,1H3;2-6,13-14H,7-8H2,1H3;1-5H,6-7H2,(H,12,13);3H,2,4-5H2,1H3;2*1H/b;15-13-;;;;;;/t15-,16+;16-;;;;3-;;/m10...1../s1. The van der Waals surface area contributed by atoms with Crippen molar-refractivity contribution in [1.29, 1.82) is 0 Å². The maximum absolute atomic E-state index is 12.1. The van der Waals surface area contributed by atoms with Crippen LogP contribution in [0.5, 0.6) is 0 Å². The molecule has 0 fully saturated rings. The molecular formula is C73H89Cl2N5O11. The summed E-state index contributed by atoms with van der Waals surface area (Å²) in [5.74, 6) is -3.20. The average Bonchev–Trinajstić information content (AvgIpc) is 2.00. The quantitative estimate of drug-likeness (QED) is 0.0128. The number of hydrogen-bond acceptors (Lipinski definition) is 15. The van der Waals surface area contributed by atoms with Crippen LogP contribution in [0, 0.1) is 0 Å². The van der Waals surface area contributed by atoms with E-state index in [9.17, 15) is 33.6 Å². The van der Waals surface area contributed by atoms with Crippen LogP contribution in [0.15, 0.2) is 229 Å². The van der Waals surface area contributed by atoms with E-state index >= 15 is 0 Å². The van der Waals surface area contributed by atoms with Crippen molar-refractivity contribution < 1.29 is 53.6 Å². The highest BCUT2D eigenvalue weighted by atomic mass is 35.5. The molecule has 1 heterocycles. The first-order valence-corrected chi connectivity index (χ1v) is 29.6. The van der Waals surface area contributed by atoms with Crippen molar-refractivity contribution in [2.45, 2.75) is 129 Å². The Morgan fingerprint density at radius 1 is 0.560 bits per heavy atom. The number of rotatable bonds is 24. The van der Waals surface area contributed by atoms with E-state index in [2.05, 4.69) is 72.8 Å². The van der Waals surface area contributed by atoms with Crippen LogP contribution < -0.4 is 22.1 Å². The average molecular weight is 1280 g/mol. The summed E-state index contributed by atoms with van der Waals surface area (Å²) in [5.41, 5.74) is 17.2. The fourth-order valence-electron chi connectivity index (χ4n) is 8.10. The number of hydrogen-bond donors (Lipinski definition) is 7. The fraction of sp³-hybridized carbons (Fsp3) is 0.288. The number of aliphatic hydroxyl groups is 2. The Morgan fingerprint density at radius 2 is 0.923 bits per heavy atom. The van der Waals surface area contributed by atoms with Gasteiger partial charge in [-0.1, -0.05) is 206 Å². The number of ether oxygens (including phenoxy) is 1. The highest BCUT2D eigenvalue weighted by molar-refractivity contribution is 6.14. The molecule has 18 heteroatoms. The molecule has 0 amide bonds. The summed E-state index contributed by atoms with van der Waals surface area (Å²) in [6.07, 6.45) is 3.98. The zero-order valence-corrected chi connectivity index (χ0v) is 54.5. The fourth-order valence-corrected chi connectivity index (χ4v) is 8.10. The Bertz CT molecular complexity index is 3280. The lowest BCUT2D eigenvalue weighted by Gasteiger charge is -2.20. The molecule has 0 aromatic heterocycles. The number of nitrogens with one attached hydrogen (secondary N) is 2. The maximum atomic E-state index is 12.1. The Morgan fingerprint density at radius 3 is 1.30 bits per heavy atom. The molecule has 5 atom stereocenters. The molecule has 7 aromatic rings. The number of aliphatic imine (C=N–C) groups is 1. The summed E-state index contributed by atoms with van der Waals surface area (Å²) >= 11 is 0. The van der Waals surface area contributed by atoms with Crippen LogP contribution in [-0.4, -0.2) is 92.5 Å². The SMILES string of the molecule is C/C(=C/CC(=O)c1ccccc1)N[C@@H](C)c1ccccc1.CC(=O)C1N=C(c2ccccc2)OC1=O.CC(O)(O)CCC(=O)c1ccccc1.C[C@@H](N)CN.C[C@H](CCC(=O)c1ccccc1)N[C@@H](C)c1ccccc1.Cl.Cl.O=C(O)CCC(=O)c1ccccc1. The molecule has 0 aliphatic carbocycles. The van der Waals surface area contributed by atoms with Crippen LogP contribution in [0.25, 0.3) is 0 Å². The number of cyclic esters (lactones) is 1. The largest absolute Gasteiger partial charge is 0.481 e. The zero-order valence-electron chi connectivity index (χ0n) is 52.9. The summed E-state index contributed by atoms with van der Waals surface area (Å²) in [5, 5.41) is 33.4. The molecule has 9 N–H and O–H groups in total. The minimum atomic E-state index is -1.76. The Balaban J connectivity index is 0.000000562. The van der Waals surface area contributed by atoms with E-state index in [1.54, 1.807) is 60.7 Å². The first kappa shape index (κ1) is 80.4. The van der Waals surface area contributed by atoms with Crippen LogP contribution in [-0.2, 0) is 19.1 Å². The van der Waals surface area contributed by atoms with Crippen molar-refractivity contribution in [3.63, 3.8) is 0 Å². The van der Waals surface area contributed by atoms with Gasteiger partial charge in [-0.25, -0.2) is 9.79 Å². The number of carbonyl (C=O) groups excluding carboxylic acids is 6. The molecule has 486 valence electrons. The molecule has 16 nitrogen and oxygen atoms in total. The first-order chi connectivity index (χ1) is 42.5.